The van der Waals surface area contributed by atoms with E-state index in [2.05, 4.69) is 24.8 Å². The fourth-order valence-corrected chi connectivity index (χ4v) is 0.785. The van der Waals surface area contributed by atoms with Gasteiger partial charge >= 0.3 is 0 Å². The Bertz CT molecular complexity index is 109. The smallest absolute Gasteiger partial charge is 0.0379 e. The quantitative estimate of drug-likeness (QED) is 0.563. The van der Waals surface area contributed by atoms with E-state index in [-0.39, 0.29) is 0 Å². The van der Waals surface area contributed by atoms with Crippen molar-refractivity contribution < 1.29 is 0 Å². The second-order valence-corrected chi connectivity index (χ2v) is 2.62. The van der Waals surface area contributed by atoms with E-state index in [0.29, 0.717) is 5.92 Å². The van der Waals surface area contributed by atoms with E-state index in [1.807, 2.05) is 17.4 Å². The summed E-state index contributed by atoms with van der Waals surface area (Å²) in [6, 6.07) is 0. The summed E-state index contributed by atoms with van der Waals surface area (Å²) >= 11 is 0. The first kappa shape index (κ1) is 6.42. The van der Waals surface area contributed by atoms with Crippen molar-refractivity contribution >= 4 is 0 Å². The van der Waals surface area contributed by atoms with Crippen LogP contribution in [0.5, 0.6) is 0 Å². The summed E-state index contributed by atoms with van der Waals surface area (Å²) in [5, 5.41) is 2.02. The van der Waals surface area contributed by atoms with Crippen molar-refractivity contribution in [2.24, 2.45) is 5.92 Å². The van der Waals surface area contributed by atoms with Crippen LogP contribution in [0.25, 0.3) is 0 Å². The molecule has 0 radical (unpaired) electrons. The monoisotopic (exact) mass is 127 g/mol. The molecule has 9 heavy (non-hydrogen) atoms. The maximum atomic E-state index is 2.96. The molecular formula is C6H13N3. The molecule has 0 atom stereocenters. The highest BCUT2D eigenvalue weighted by Crippen LogP contribution is 1.96. The topological polar surface area (TPSA) is 27.3 Å². The Balaban J connectivity index is 2.20. The van der Waals surface area contributed by atoms with Crippen LogP contribution >= 0.6 is 0 Å². The van der Waals surface area contributed by atoms with Crippen LogP contribution in [0.15, 0.2) is 12.4 Å². The molecule has 3 nitrogen and oxygen atoms in total. The van der Waals surface area contributed by atoms with Crippen LogP contribution in [0, 0.1) is 5.92 Å². The molecule has 0 aliphatic carbocycles. The Labute approximate surface area is 55.7 Å². The van der Waals surface area contributed by atoms with Crippen molar-refractivity contribution in [1.29, 1.82) is 0 Å². The molecule has 2 N–H and O–H groups in total. The van der Waals surface area contributed by atoms with Gasteiger partial charge in [-0.1, -0.05) is 13.8 Å². The van der Waals surface area contributed by atoms with Gasteiger partial charge < -0.3 is 5.43 Å². The van der Waals surface area contributed by atoms with E-state index < -0.39 is 0 Å². The largest absolute Gasteiger partial charge is 0.310 e. The summed E-state index contributed by atoms with van der Waals surface area (Å²) in [5.74, 6) is 0.696. The number of rotatable bonds is 2. The molecule has 0 unspecified atom stereocenters. The summed E-state index contributed by atoms with van der Waals surface area (Å²) in [7, 11) is 0. The number of hydrogen-bond donors (Lipinski definition) is 2. The Morgan fingerprint density at radius 3 is 2.78 bits per heavy atom. The first-order valence-electron chi connectivity index (χ1n) is 3.23. The van der Waals surface area contributed by atoms with Gasteiger partial charge in [0, 0.05) is 18.9 Å². The third-order valence-corrected chi connectivity index (χ3v) is 1.11. The minimum Gasteiger partial charge on any atom is -0.310 e. The van der Waals surface area contributed by atoms with E-state index in [9.17, 15) is 0 Å². The molecule has 0 aromatic rings. The molecule has 0 aromatic heterocycles. The lowest BCUT2D eigenvalue weighted by Crippen LogP contribution is -2.37. The summed E-state index contributed by atoms with van der Waals surface area (Å²) < 4.78 is 0. The number of hydrogen-bond acceptors (Lipinski definition) is 3. The van der Waals surface area contributed by atoms with Gasteiger partial charge in [0.2, 0.25) is 0 Å². The lowest BCUT2D eigenvalue weighted by atomic mass is 10.2. The van der Waals surface area contributed by atoms with Crippen molar-refractivity contribution in [3.63, 3.8) is 0 Å². The number of hydrazine groups is 2. The average molecular weight is 127 g/mol. The highest BCUT2D eigenvalue weighted by atomic mass is 15.7. The zero-order chi connectivity index (χ0) is 6.69. The van der Waals surface area contributed by atoms with Crippen LogP contribution < -0.4 is 11.0 Å². The minimum atomic E-state index is 0.696. The van der Waals surface area contributed by atoms with Crippen LogP contribution in [0.1, 0.15) is 13.8 Å². The van der Waals surface area contributed by atoms with Gasteiger partial charge in [-0.2, -0.15) is 0 Å². The summed E-state index contributed by atoms with van der Waals surface area (Å²) in [6.07, 6.45) is 3.86. The fourth-order valence-electron chi connectivity index (χ4n) is 0.785. The molecule has 1 heterocycles. The maximum Gasteiger partial charge on any atom is 0.0379 e. The first-order valence-corrected chi connectivity index (χ1v) is 3.23. The van der Waals surface area contributed by atoms with Gasteiger partial charge in [0.25, 0.3) is 0 Å². The summed E-state index contributed by atoms with van der Waals surface area (Å²) in [5.41, 5.74) is 5.83. The van der Waals surface area contributed by atoms with Gasteiger partial charge in [0.15, 0.2) is 0 Å². The van der Waals surface area contributed by atoms with Crippen LogP contribution in [0.4, 0.5) is 0 Å². The van der Waals surface area contributed by atoms with E-state index in [4.69, 9.17) is 0 Å². The zero-order valence-electron chi connectivity index (χ0n) is 5.89. The fraction of sp³-hybridized carbons (Fsp3) is 0.667. The van der Waals surface area contributed by atoms with Crippen molar-refractivity contribution in [3.8, 4) is 0 Å². The predicted molar refractivity (Wildman–Crippen MR) is 37.0 cm³/mol. The normalized spacial score (nSPS) is 17.0. The lowest BCUT2D eigenvalue weighted by Gasteiger charge is -2.16. The standard InChI is InChI=1S/C6H13N3/c1-6(2)5-9-4-3-7-8-9/h3-4,6-8H,5H2,1-2H3. The molecule has 0 saturated heterocycles. The lowest BCUT2D eigenvalue weighted by molar-refractivity contribution is 0.244. The van der Waals surface area contributed by atoms with E-state index in [1.165, 1.54) is 0 Å². The predicted octanol–water partition coefficient (Wildman–Crippen LogP) is 0.438. The van der Waals surface area contributed by atoms with E-state index in [0.717, 1.165) is 6.54 Å². The van der Waals surface area contributed by atoms with Gasteiger partial charge in [-0.25, -0.2) is 0 Å². The number of nitrogens with one attached hydrogen (secondary N) is 2. The molecule has 1 aliphatic heterocycles. The third-order valence-electron chi connectivity index (χ3n) is 1.11. The second-order valence-electron chi connectivity index (χ2n) is 2.62. The SMILES string of the molecule is CC(C)CN1C=CNN1. The summed E-state index contributed by atoms with van der Waals surface area (Å²) in [4.78, 5) is 0. The van der Waals surface area contributed by atoms with Gasteiger partial charge in [-0.3, -0.25) is 5.01 Å². The first-order chi connectivity index (χ1) is 4.29. The van der Waals surface area contributed by atoms with Gasteiger partial charge in [0.1, 0.15) is 0 Å². The van der Waals surface area contributed by atoms with Crippen molar-refractivity contribution in [2.75, 3.05) is 6.54 Å². The van der Waals surface area contributed by atoms with Crippen molar-refractivity contribution in [2.45, 2.75) is 13.8 Å². The van der Waals surface area contributed by atoms with E-state index in [1.54, 1.807) is 0 Å². The Kier molecular flexibility index (Phi) is 1.95. The highest BCUT2D eigenvalue weighted by molar-refractivity contribution is 4.82. The highest BCUT2D eigenvalue weighted by Gasteiger charge is 2.03. The van der Waals surface area contributed by atoms with Crippen LogP contribution in [0.3, 0.4) is 0 Å². The molecule has 52 valence electrons. The average Bonchev–Trinajstić information content (AvgIpc) is 2.15. The van der Waals surface area contributed by atoms with Gasteiger partial charge in [-0.15, -0.1) is 5.53 Å². The molecular weight excluding hydrogens is 114 g/mol. The van der Waals surface area contributed by atoms with Crippen LogP contribution in [-0.4, -0.2) is 11.6 Å². The minimum absolute atomic E-state index is 0.696. The Hall–Kier alpha value is -0.700. The molecule has 0 aromatic carbocycles. The molecule has 3 heteroatoms. The molecule has 0 fully saturated rings. The van der Waals surface area contributed by atoms with Gasteiger partial charge in [-0.05, 0) is 5.92 Å². The van der Waals surface area contributed by atoms with Crippen LogP contribution in [0.2, 0.25) is 0 Å². The van der Waals surface area contributed by atoms with E-state index >= 15 is 0 Å². The molecule has 0 bridgehead atoms. The zero-order valence-corrected chi connectivity index (χ0v) is 5.89. The summed E-state index contributed by atoms with van der Waals surface area (Å²) in [6.45, 7) is 5.42. The van der Waals surface area contributed by atoms with Gasteiger partial charge in [0.05, 0.1) is 0 Å². The number of nitrogens with zero attached hydrogens (tertiary/aromatic N) is 1. The Morgan fingerprint density at radius 2 is 2.33 bits per heavy atom. The molecule has 1 rings (SSSR count). The Morgan fingerprint density at radius 1 is 1.56 bits per heavy atom. The molecule has 0 saturated carbocycles. The van der Waals surface area contributed by atoms with Crippen molar-refractivity contribution in [3.05, 3.63) is 12.4 Å². The second kappa shape index (κ2) is 2.73. The third kappa shape index (κ3) is 1.93. The molecule has 0 amide bonds. The molecule has 0 spiro atoms. The van der Waals surface area contributed by atoms with Crippen LogP contribution in [-0.2, 0) is 0 Å². The molecule has 1 aliphatic rings. The van der Waals surface area contributed by atoms with Crippen molar-refractivity contribution in [1.82, 2.24) is 16.0 Å². The maximum absolute atomic E-state index is 2.96.